The predicted molar refractivity (Wildman–Crippen MR) is 119 cm³/mol. The lowest BCUT2D eigenvalue weighted by molar-refractivity contribution is -0.119. The van der Waals surface area contributed by atoms with Gasteiger partial charge in [-0.1, -0.05) is 0 Å². The van der Waals surface area contributed by atoms with Gasteiger partial charge < -0.3 is 9.88 Å². The molecule has 0 aliphatic rings. The highest BCUT2D eigenvalue weighted by atomic mass is 127. The molecule has 0 fully saturated rings. The molecule has 3 rings (SSSR count). The number of halogens is 2. The molecule has 0 atom stereocenters. The number of amides is 1. The van der Waals surface area contributed by atoms with Crippen LogP contribution in [-0.4, -0.2) is 23.2 Å². The molecule has 2 aromatic carbocycles. The standard InChI is InChI=1S/C21H20FIN4O/c1-14-11-16(15(2)27(14)20-9-5-18(23)6-10-20)12-25-26-21(28)13-24-19-7-3-17(22)4-8-19/h3-12,24H,13H2,1-2H3,(H,26,28)/b25-12-. The van der Waals surface area contributed by atoms with E-state index in [1.165, 1.54) is 15.7 Å². The van der Waals surface area contributed by atoms with Gasteiger partial charge in [-0.2, -0.15) is 5.10 Å². The van der Waals surface area contributed by atoms with Crippen molar-refractivity contribution in [2.75, 3.05) is 11.9 Å². The number of aromatic nitrogens is 1. The average molecular weight is 490 g/mol. The maximum Gasteiger partial charge on any atom is 0.259 e. The summed E-state index contributed by atoms with van der Waals surface area (Å²) < 4.78 is 16.2. The minimum absolute atomic E-state index is 0.0463. The lowest BCUT2D eigenvalue weighted by atomic mass is 10.2. The van der Waals surface area contributed by atoms with Crippen LogP contribution in [0.25, 0.3) is 5.69 Å². The fraction of sp³-hybridized carbons (Fsp3) is 0.143. The van der Waals surface area contributed by atoms with E-state index in [0.717, 1.165) is 22.6 Å². The Morgan fingerprint density at radius 2 is 1.82 bits per heavy atom. The number of aryl methyl sites for hydroxylation is 1. The van der Waals surface area contributed by atoms with Crippen molar-refractivity contribution in [3.63, 3.8) is 0 Å². The monoisotopic (exact) mass is 490 g/mol. The molecule has 0 radical (unpaired) electrons. The second-order valence-corrected chi connectivity index (χ2v) is 7.54. The highest BCUT2D eigenvalue weighted by molar-refractivity contribution is 14.1. The van der Waals surface area contributed by atoms with E-state index in [2.05, 4.69) is 67.3 Å². The van der Waals surface area contributed by atoms with E-state index in [9.17, 15) is 9.18 Å². The summed E-state index contributed by atoms with van der Waals surface area (Å²) >= 11 is 2.28. The number of nitrogens with zero attached hydrogens (tertiary/aromatic N) is 2. The van der Waals surface area contributed by atoms with Crippen molar-refractivity contribution < 1.29 is 9.18 Å². The summed E-state index contributed by atoms with van der Waals surface area (Å²) in [6, 6.07) is 16.1. The predicted octanol–water partition coefficient (Wildman–Crippen LogP) is 4.40. The number of nitrogens with one attached hydrogen (secondary N) is 2. The van der Waals surface area contributed by atoms with Crippen molar-refractivity contribution in [3.05, 3.63) is 80.9 Å². The molecule has 0 unspecified atom stereocenters. The van der Waals surface area contributed by atoms with E-state index in [0.29, 0.717) is 5.69 Å². The number of benzene rings is 2. The third-order valence-electron chi connectivity index (χ3n) is 4.25. The lowest BCUT2D eigenvalue weighted by Gasteiger charge is -2.09. The SMILES string of the molecule is Cc1cc(/C=N\NC(=O)CNc2ccc(F)cc2)c(C)n1-c1ccc(I)cc1. The van der Waals surface area contributed by atoms with Crippen LogP contribution < -0.4 is 10.7 Å². The summed E-state index contributed by atoms with van der Waals surface area (Å²) in [5.74, 6) is -0.602. The van der Waals surface area contributed by atoms with E-state index in [1.807, 2.05) is 19.9 Å². The number of hydrogen-bond donors (Lipinski definition) is 2. The summed E-state index contributed by atoms with van der Waals surface area (Å²) in [5.41, 5.74) is 7.32. The average Bonchev–Trinajstić information content (AvgIpc) is 2.96. The van der Waals surface area contributed by atoms with Crippen LogP contribution in [0.1, 0.15) is 17.0 Å². The molecule has 5 nitrogen and oxygen atoms in total. The number of anilines is 1. The first kappa shape index (κ1) is 20.1. The van der Waals surface area contributed by atoms with Crippen molar-refractivity contribution >= 4 is 40.4 Å². The third kappa shape index (κ3) is 4.98. The molecule has 0 spiro atoms. The van der Waals surface area contributed by atoms with Crippen LogP contribution in [-0.2, 0) is 4.79 Å². The molecular weight excluding hydrogens is 470 g/mol. The van der Waals surface area contributed by atoms with Gasteiger partial charge in [-0.25, -0.2) is 9.82 Å². The van der Waals surface area contributed by atoms with Gasteiger partial charge in [0.25, 0.3) is 5.91 Å². The molecule has 28 heavy (non-hydrogen) atoms. The Labute approximate surface area is 176 Å². The van der Waals surface area contributed by atoms with Gasteiger partial charge in [0.1, 0.15) is 5.82 Å². The van der Waals surface area contributed by atoms with Gasteiger partial charge in [-0.05, 0) is 91.0 Å². The number of carbonyl (C=O) groups is 1. The summed E-state index contributed by atoms with van der Waals surface area (Å²) in [5, 5.41) is 6.97. The Bertz CT molecular complexity index is 994. The zero-order valence-electron chi connectivity index (χ0n) is 15.5. The third-order valence-corrected chi connectivity index (χ3v) is 4.96. The topological polar surface area (TPSA) is 58.4 Å². The van der Waals surface area contributed by atoms with Crippen LogP contribution in [0.4, 0.5) is 10.1 Å². The lowest BCUT2D eigenvalue weighted by Crippen LogP contribution is -2.25. The van der Waals surface area contributed by atoms with Gasteiger partial charge in [-0.15, -0.1) is 0 Å². The van der Waals surface area contributed by atoms with Gasteiger partial charge in [0.15, 0.2) is 0 Å². The fourth-order valence-electron chi connectivity index (χ4n) is 2.87. The van der Waals surface area contributed by atoms with E-state index < -0.39 is 0 Å². The van der Waals surface area contributed by atoms with Crippen molar-refractivity contribution in [2.24, 2.45) is 5.10 Å². The number of hydrogen-bond acceptors (Lipinski definition) is 3. The number of carbonyl (C=O) groups excluding carboxylic acids is 1. The Kier molecular flexibility index (Phi) is 6.45. The second kappa shape index (κ2) is 9.01. The molecule has 0 aliphatic heterocycles. The Morgan fingerprint density at radius 1 is 1.14 bits per heavy atom. The van der Waals surface area contributed by atoms with E-state index in [4.69, 9.17) is 0 Å². The van der Waals surface area contributed by atoms with Gasteiger partial charge in [-0.3, -0.25) is 4.79 Å². The smallest absolute Gasteiger partial charge is 0.259 e. The molecule has 144 valence electrons. The van der Waals surface area contributed by atoms with Gasteiger partial charge in [0, 0.05) is 31.9 Å². The quantitative estimate of drug-likeness (QED) is 0.306. The van der Waals surface area contributed by atoms with E-state index in [-0.39, 0.29) is 18.3 Å². The van der Waals surface area contributed by atoms with Crippen molar-refractivity contribution in [3.8, 4) is 5.69 Å². The molecule has 0 saturated carbocycles. The van der Waals surface area contributed by atoms with Gasteiger partial charge >= 0.3 is 0 Å². The molecule has 2 N–H and O–H groups in total. The highest BCUT2D eigenvalue weighted by Gasteiger charge is 2.09. The van der Waals surface area contributed by atoms with Crippen molar-refractivity contribution in [1.82, 2.24) is 9.99 Å². The molecular formula is C21H20FIN4O. The summed E-state index contributed by atoms with van der Waals surface area (Å²) in [6.07, 6.45) is 1.64. The summed E-state index contributed by atoms with van der Waals surface area (Å²) in [4.78, 5) is 11.9. The molecule has 0 saturated heterocycles. The van der Waals surface area contributed by atoms with Crippen LogP contribution in [0.2, 0.25) is 0 Å². The first-order valence-corrected chi connectivity index (χ1v) is 9.78. The first-order chi connectivity index (χ1) is 13.4. The Hall–Kier alpha value is -2.68. The Balaban J connectivity index is 1.61. The normalized spacial score (nSPS) is 11.0. The largest absolute Gasteiger partial charge is 0.376 e. The fourth-order valence-corrected chi connectivity index (χ4v) is 3.23. The van der Waals surface area contributed by atoms with Crippen LogP contribution >= 0.6 is 22.6 Å². The van der Waals surface area contributed by atoms with Crippen molar-refractivity contribution in [1.29, 1.82) is 0 Å². The first-order valence-electron chi connectivity index (χ1n) is 8.70. The summed E-state index contributed by atoms with van der Waals surface area (Å²) in [7, 11) is 0. The zero-order valence-corrected chi connectivity index (χ0v) is 17.7. The molecule has 0 bridgehead atoms. The molecule has 1 aromatic heterocycles. The maximum absolute atomic E-state index is 12.9. The highest BCUT2D eigenvalue weighted by Crippen LogP contribution is 2.20. The van der Waals surface area contributed by atoms with Crippen LogP contribution in [0.3, 0.4) is 0 Å². The van der Waals surface area contributed by atoms with E-state index in [1.54, 1.807) is 18.3 Å². The Morgan fingerprint density at radius 3 is 2.50 bits per heavy atom. The summed E-state index contributed by atoms with van der Waals surface area (Å²) in [6.45, 7) is 4.10. The molecule has 1 heterocycles. The number of rotatable bonds is 6. The maximum atomic E-state index is 12.9. The van der Waals surface area contributed by atoms with Gasteiger partial charge in [0.05, 0.1) is 12.8 Å². The van der Waals surface area contributed by atoms with Crippen molar-refractivity contribution in [2.45, 2.75) is 13.8 Å². The number of hydrazone groups is 1. The minimum Gasteiger partial charge on any atom is -0.376 e. The molecule has 1 amide bonds. The molecule has 0 aliphatic carbocycles. The molecule has 3 aromatic rings. The van der Waals surface area contributed by atoms with Gasteiger partial charge in [0.2, 0.25) is 0 Å². The van der Waals surface area contributed by atoms with Crippen LogP contribution in [0.5, 0.6) is 0 Å². The molecule has 7 heteroatoms. The van der Waals surface area contributed by atoms with E-state index >= 15 is 0 Å². The van der Waals surface area contributed by atoms with Crippen LogP contribution in [0.15, 0.2) is 59.7 Å². The zero-order chi connectivity index (χ0) is 20.1. The minimum atomic E-state index is -0.317. The second-order valence-electron chi connectivity index (χ2n) is 6.29. The van der Waals surface area contributed by atoms with Crippen LogP contribution in [0, 0.1) is 23.2 Å².